The van der Waals surface area contributed by atoms with E-state index >= 15 is 0 Å². The van der Waals surface area contributed by atoms with Crippen LogP contribution in [-0.4, -0.2) is 31.7 Å². The number of piperidine rings is 1. The molecule has 2 rings (SSSR count). The topological polar surface area (TPSA) is 75.9 Å². The Morgan fingerprint density at radius 3 is 2.64 bits per heavy atom. The molecule has 0 aliphatic carbocycles. The van der Waals surface area contributed by atoms with Crippen molar-refractivity contribution in [3.05, 3.63) is 24.0 Å². The zero-order chi connectivity index (χ0) is 18.4. The molecule has 1 fully saturated rings. The Kier molecular flexibility index (Phi) is 6.92. The van der Waals surface area contributed by atoms with Crippen LogP contribution in [0.25, 0.3) is 0 Å². The van der Waals surface area contributed by atoms with Crippen molar-refractivity contribution in [2.45, 2.75) is 32.6 Å². The van der Waals surface area contributed by atoms with Gasteiger partial charge in [0.1, 0.15) is 5.82 Å². The van der Waals surface area contributed by atoms with E-state index in [1.54, 1.807) is 12.1 Å². The number of esters is 1. The van der Waals surface area contributed by atoms with Crippen LogP contribution in [0.2, 0.25) is 0 Å². The molecule has 138 valence electrons. The summed E-state index contributed by atoms with van der Waals surface area (Å²) in [7, 11) is 0. The number of halogens is 1. The van der Waals surface area contributed by atoms with Crippen molar-refractivity contribution < 1.29 is 18.7 Å². The molecule has 0 spiro atoms. The molecular formula is C17H24FN3O3S. The molecule has 0 saturated carbocycles. The summed E-state index contributed by atoms with van der Waals surface area (Å²) in [5.74, 6) is -0.740. The number of anilines is 2. The standard InChI is InChI=1S/C17H24FN3O3S/c1-2-3-10-24-16(22)12-6-8-20(9-7-12)15-5-4-13(11-14(15)18)21(25)17(19)23/h4-5,11-12,25H,2-3,6-10H2,1H3,(H2,19,23). The van der Waals surface area contributed by atoms with Gasteiger partial charge in [-0.15, -0.1) is 0 Å². The van der Waals surface area contributed by atoms with E-state index in [1.165, 1.54) is 6.07 Å². The molecule has 1 aliphatic heterocycles. The van der Waals surface area contributed by atoms with Crippen molar-refractivity contribution in [1.29, 1.82) is 0 Å². The summed E-state index contributed by atoms with van der Waals surface area (Å²) in [5, 5.41) is 0. The average Bonchev–Trinajstić information content (AvgIpc) is 2.61. The smallest absolute Gasteiger partial charge is 0.329 e. The van der Waals surface area contributed by atoms with Crippen LogP contribution in [0.5, 0.6) is 0 Å². The van der Waals surface area contributed by atoms with Gasteiger partial charge in [0.2, 0.25) is 0 Å². The highest BCUT2D eigenvalue weighted by molar-refractivity contribution is 7.82. The summed E-state index contributed by atoms with van der Waals surface area (Å²) in [6, 6.07) is 3.62. The van der Waals surface area contributed by atoms with Crippen molar-refractivity contribution in [2.75, 3.05) is 28.9 Å². The van der Waals surface area contributed by atoms with Gasteiger partial charge < -0.3 is 15.4 Å². The van der Waals surface area contributed by atoms with Gasteiger partial charge in [0, 0.05) is 19.2 Å². The zero-order valence-electron chi connectivity index (χ0n) is 14.3. The van der Waals surface area contributed by atoms with E-state index in [0.717, 1.165) is 17.1 Å². The van der Waals surface area contributed by atoms with Crippen LogP contribution in [0.1, 0.15) is 32.6 Å². The number of amides is 2. The van der Waals surface area contributed by atoms with E-state index < -0.39 is 11.8 Å². The van der Waals surface area contributed by atoms with E-state index in [2.05, 4.69) is 12.8 Å². The number of urea groups is 1. The molecule has 0 unspecified atom stereocenters. The molecule has 1 heterocycles. The van der Waals surface area contributed by atoms with E-state index in [9.17, 15) is 14.0 Å². The maximum atomic E-state index is 14.4. The lowest BCUT2D eigenvalue weighted by atomic mass is 9.96. The van der Waals surface area contributed by atoms with Crippen molar-refractivity contribution in [3.63, 3.8) is 0 Å². The second-order valence-corrected chi connectivity index (χ2v) is 6.47. The van der Waals surface area contributed by atoms with Crippen LogP contribution in [0.15, 0.2) is 18.2 Å². The molecule has 1 saturated heterocycles. The van der Waals surface area contributed by atoms with Gasteiger partial charge >= 0.3 is 12.0 Å². The second-order valence-electron chi connectivity index (χ2n) is 6.07. The van der Waals surface area contributed by atoms with Crippen LogP contribution in [0.4, 0.5) is 20.6 Å². The van der Waals surface area contributed by atoms with E-state index in [-0.39, 0.29) is 17.6 Å². The highest BCUT2D eigenvalue weighted by atomic mass is 32.1. The van der Waals surface area contributed by atoms with Crippen LogP contribution < -0.4 is 14.9 Å². The summed E-state index contributed by atoms with van der Waals surface area (Å²) in [6.45, 7) is 3.66. The third-order valence-electron chi connectivity index (χ3n) is 4.30. The molecule has 6 nitrogen and oxygen atoms in total. The number of rotatable bonds is 6. The highest BCUT2D eigenvalue weighted by Crippen LogP contribution is 2.29. The Morgan fingerprint density at radius 1 is 1.40 bits per heavy atom. The fourth-order valence-electron chi connectivity index (χ4n) is 2.80. The van der Waals surface area contributed by atoms with Crippen molar-refractivity contribution in [3.8, 4) is 0 Å². The number of carbonyl (C=O) groups excluding carboxylic acids is 2. The van der Waals surface area contributed by atoms with E-state index in [0.29, 0.717) is 38.2 Å². The molecule has 0 atom stereocenters. The SMILES string of the molecule is CCCCOC(=O)C1CCN(c2ccc(N(S)C(N)=O)cc2F)CC1. The highest BCUT2D eigenvalue weighted by Gasteiger charge is 2.27. The lowest BCUT2D eigenvalue weighted by Gasteiger charge is -2.33. The molecule has 0 aromatic heterocycles. The average molecular weight is 369 g/mol. The van der Waals surface area contributed by atoms with Crippen LogP contribution in [0, 0.1) is 11.7 Å². The Balaban J connectivity index is 1.94. The Bertz CT molecular complexity index is 621. The van der Waals surface area contributed by atoms with Gasteiger partial charge in [-0.3, -0.25) is 4.79 Å². The monoisotopic (exact) mass is 369 g/mol. The molecule has 2 N–H and O–H groups in total. The summed E-state index contributed by atoms with van der Waals surface area (Å²) in [5.41, 5.74) is 5.83. The predicted octanol–water partition coefficient (Wildman–Crippen LogP) is 3.12. The van der Waals surface area contributed by atoms with Gasteiger partial charge in [0.25, 0.3) is 0 Å². The number of hydrogen-bond donors (Lipinski definition) is 2. The second kappa shape index (κ2) is 8.94. The first-order valence-electron chi connectivity index (χ1n) is 8.43. The molecule has 2 amide bonds. The minimum atomic E-state index is -0.780. The molecule has 0 radical (unpaired) electrons. The number of benzene rings is 1. The first-order chi connectivity index (χ1) is 11.9. The quantitative estimate of drug-likeness (QED) is 0.459. The molecule has 1 aromatic rings. The van der Waals surface area contributed by atoms with Gasteiger partial charge in [-0.05, 0) is 31.4 Å². The summed E-state index contributed by atoms with van der Waals surface area (Å²) < 4.78 is 20.5. The third-order valence-corrected chi connectivity index (χ3v) is 4.72. The number of nitrogens with two attached hydrogens (primary N) is 1. The number of ether oxygens (including phenoxy) is 1. The maximum absolute atomic E-state index is 14.4. The number of hydrogen-bond acceptors (Lipinski definition) is 5. The molecule has 8 heteroatoms. The summed E-state index contributed by atoms with van der Waals surface area (Å²) in [4.78, 5) is 25.0. The lowest BCUT2D eigenvalue weighted by molar-refractivity contribution is -0.149. The van der Waals surface area contributed by atoms with Crippen molar-refractivity contribution in [2.24, 2.45) is 11.7 Å². The number of unbranched alkanes of at least 4 members (excludes halogenated alkanes) is 1. The fraction of sp³-hybridized carbons (Fsp3) is 0.529. The third kappa shape index (κ3) is 5.01. The Hall–Kier alpha value is -1.96. The Morgan fingerprint density at radius 2 is 2.08 bits per heavy atom. The predicted molar refractivity (Wildman–Crippen MR) is 98.3 cm³/mol. The minimum absolute atomic E-state index is 0.127. The van der Waals surface area contributed by atoms with Crippen molar-refractivity contribution in [1.82, 2.24) is 0 Å². The molecule has 0 bridgehead atoms. The number of thiol groups is 1. The molecule has 1 aliphatic rings. The first-order valence-corrected chi connectivity index (χ1v) is 8.83. The summed E-state index contributed by atoms with van der Waals surface area (Å²) in [6.07, 6.45) is 3.12. The van der Waals surface area contributed by atoms with Crippen molar-refractivity contribution >= 4 is 36.2 Å². The molecular weight excluding hydrogens is 345 g/mol. The molecule has 25 heavy (non-hydrogen) atoms. The van der Waals surface area contributed by atoms with Gasteiger partial charge in [0.15, 0.2) is 0 Å². The molecule has 1 aromatic carbocycles. The zero-order valence-corrected chi connectivity index (χ0v) is 15.2. The van der Waals surface area contributed by atoms with Gasteiger partial charge in [0.05, 0.1) is 23.9 Å². The first kappa shape index (κ1) is 19.4. The summed E-state index contributed by atoms with van der Waals surface area (Å²) >= 11 is 3.92. The van der Waals surface area contributed by atoms with Gasteiger partial charge in [-0.2, -0.15) is 0 Å². The minimum Gasteiger partial charge on any atom is -0.465 e. The Labute approximate surface area is 152 Å². The normalized spacial score (nSPS) is 15.1. The van der Waals surface area contributed by atoms with E-state index in [4.69, 9.17) is 10.5 Å². The number of carbonyl (C=O) groups is 2. The van der Waals surface area contributed by atoms with Gasteiger partial charge in [-0.25, -0.2) is 13.5 Å². The number of nitrogens with zero attached hydrogens (tertiary/aromatic N) is 2. The maximum Gasteiger partial charge on any atom is 0.329 e. The van der Waals surface area contributed by atoms with Crippen LogP contribution in [0.3, 0.4) is 0 Å². The van der Waals surface area contributed by atoms with Crippen LogP contribution in [-0.2, 0) is 9.53 Å². The van der Waals surface area contributed by atoms with Gasteiger partial charge in [-0.1, -0.05) is 26.2 Å². The van der Waals surface area contributed by atoms with Crippen LogP contribution >= 0.6 is 12.8 Å². The largest absolute Gasteiger partial charge is 0.465 e. The lowest BCUT2D eigenvalue weighted by Crippen LogP contribution is -2.37. The fourth-order valence-corrected chi connectivity index (χ4v) is 2.93. The number of primary amides is 1. The van der Waals surface area contributed by atoms with E-state index in [1.807, 2.05) is 11.8 Å².